The quantitative estimate of drug-likeness (QED) is 0.836. The summed E-state index contributed by atoms with van der Waals surface area (Å²) in [6, 6.07) is 3.75. The monoisotopic (exact) mass is 224 g/mol. The molecule has 1 rings (SSSR count). The van der Waals surface area contributed by atoms with Crippen LogP contribution in [-0.2, 0) is 0 Å². The summed E-state index contributed by atoms with van der Waals surface area (Å²) >= 11 is 0. The van der Waals surface area contributed by atoms with Crippen molar-refractivity contribution in [2.45, 2.75) is 13.0 Å². The lowest BCUT2D eigenvalue weighted by Crippen LogP contribution is -2.05. The van der Waals surface area contributed by atoms with Crippen molar-refractivity contribution >= 4 is 24.8 Å². The van der Waals surface area contributed by atoms with Crippen LogP contribution in [0.5, 0.6) is 5.88 Å². The molecule has 0 saturated carbocycles. The van der Waals surface area contributed by atoms with E-state index >= 15 is 0 Å². The van der Waals surface area contributed by atoms with Gasteiger partial charge in [-0.3, -0.25) is 0 Å². The Morgan fingerprint density at radius 3 is 2.31 bits per heavy atom. The van der Waals surface area contributed by atoms with Crippen molar-refractivity contribution in [2.75, 3.05) is 7.11 Å². The van der Waals surface area contributed by atoms with E-state index in [0.29, 0.717) is 5.88 Å². The molecule has 0 spiro atoms. The van der Waals surface area contributed by atoms with Crippen LogP contribution in [0.25, 0.3) is 0 Å². The molecule has 2 N–H and O–H groups in total. The van der Waals surface area contributed by atoms with Gasteiger partial charge in [-0.05, 0) is 12.5 Å². The van der Waals surface area contributed by atoms with Crippen molar-refractivity contribution in [1.82, 2.24) is 4.98 Å². The van der Waals surface area contributed by atoms with Crippen molar-refractivity contribution in [3.63, 3.8) is 0 Å². The maximum Gasteiger partial charge on any atom is 0.212 e. The number of pyridine rings is 1. The van der Waals surface area contributed by atoms with E-state index in [9.17, 15) is 0 Å². The van der Waals surface area contributed by atoms with Gasteiger partial charge in [0.05, 0.1) is 7.11 Å². The Bertz CT molecular complexity index is 226. The molecule has 76 valence electrons. The standard InChI is InChI=1S/C8H12N2O.2ClH/c1-6(9)7-3-4-8(11-2)10-5-7;;/h3-6H,9H2,1-2H3;2*1H/t6-;;/m0../s1. The minimum absolute atomic E-state index is 0. The second-order valence-electron chi connectivity index (χ2n) is 2.42. The number of halogens is 2. The summed E-state index contributed by atoms with van der Waals surface area (Å²) in [5, 5.41) is 0. The van der Waals surface area contributed by atoms with Gasteiger partial charge in [-0.25, -0.2) is 4.98 Å². The van der Waals surface area contributed by atoms with Crippen LogP contribution >= 0.6 is 24.8 Å². The van der Waals surface area contributed by atoms with E-state index in [1.54, 1.807) is 19.4 Å². The van der Waals surface area contributed by atoms with Crippen LogP contribution < -0.4 is 10.5 Å². The Morgan fingerprint density at radius 2 is 2.00 bits per heavy atom. The Balaban J connectivity index is 0. The predicted octanol–water partition coefficient (Wildman–Crippen LogP) is 1.95. The van der Waals surface area contributed by atoms with Gasteiger partial charge in [0.1, 0.15) is 0 Å². The molecule has 1 heterocycles. The normalized spacial score (nSPS) is 10.7. The van der Waals surface area contributed by atoms with Crippen LogP contribution in [0.15, 0.2) is 18.3 Å². The lowest BCUT2D eigenvalue weighted by atomic mass is 10.2. The first-order valence-electron chi connectivity index (χ1n) is 3.49. The number of methoxy groups -OCH3 is 1. The summed E-state index contributed by atoms with van der Waals surface area (Å²) in [6.07, 6.45) is 1.73. The predicted molar refractivity (Wildman–Crippen MR) is 57.9 cm³/mol. The minimum Gasteiger partial charge on any atom is -0.481 e. The van der Waals surface area contributed by atoms with Gasteiger partial charge in [-0.15, -0.1) is 24.8 Å². The first-order chi connectivity index (χ1) is 5.24. The van der Waals surface area contributed by atoms with Crippen molar-refractivity contribution in [3.8, 4) is 5.88 Å². The zero-order valence-electron chi connectivity index (χ0n) is 7.56. The summed E-state index contributed by atoms with van der Waals surface area (Å²) in [5.41, 5.74) is 6.64. The number of aromatic nitrogens is 1. The highest BCUT2D eigenvalue weighted by atomic mass is 35.5. The number of nitrogens with zero attached hydrogens (tertiary/aromatic N) is 1. The molecule has 5 heteroatoms. The number of nitrogens with two attached hydrogens (primary N) is 1. The molecular formula is C8H14Cl2N2O. The van der Waals surface area contributed by atoms with Crippen LogP contribution in [0.3, 0.4) is 0 Å². The van der Waals surface area contributed by atoms with Crippen LogP contribution in [0.4, 0.5) is 0 Å². The largest absolute Gasteiger partial charge is 0.481 e. The third-order valence-corrected chi connectivity index (χ3v) is 1.49. The molecular weight excluding hydrogens is 211 g/mol. The second-order valence-corrected chi connectivity index (χ2v) is 2.42. The Hall–Kier alpha value is -0.510. The molecule has 0 aliphatic heterocycles. The maximum absolute atomic E-state index is 5.62. The third kappa shape index (κ3) is 4.31. The van der Waals surface area contributed by atoms with E-state index in [1.165, 1.54) is 0 Å². The van der Waals surface area contributed by atoms with Gasteiger partial charge in [-0.1, -0.05) is 6.07 Å². The smallest absolute Gasteiger partial charge is 0.212 e. The van der Waals surface area contributed by atoms with E-state index in [-0.39, 0.29) is 30.9 Å². The summed E-state index contributed by atoms with van der Waals surface area (Å²) < 4.78 is 4.90. The molecule has 0 aliphatic rings. The Morgan fingerprint density at radius 1 is 1.38 bits per heavy atom. The van der Waals surface area contributed by atoms with E-state index in [1.807, 2.05) is 13.0 Å². The molecule has 1 aromatic heterocycles. The van der Waals surface area contributed by atoms with Crippen LogP contribution in [-0.4, -0.2) is 12.1 Å². The first kappa shape index (κ1) is 15.0. The highest BCUT2D eigenvalue weighted by molar-refractivity contribution is 5.85. The topological polar surface area (TPSA) is 48.1 Å². The van der Waals surface area contributed by atoms with E-state index in [4.69, 9.17) is 10.5 Å². The zero-order chi connectivity index (χ0) is 8.27. The summed E-state index contributed by atoms with van der Waals surface area (Å²) in [7, 11) is 1.59. The molecule has 0 unspecified atom stereocenters. The van der Waals surface area contributed by atoms with Crippen LogP contribution in [0.2, 0.25) is 0 Å². The molecule has 0 aromatic carbocycles. The summed E-state index contributed by atoms with van der Waals surface area (Å²) in [4.78, 5) is 4.02. The molecule has 3 nitrogen and oxygen atoms in total. The van der Waals surface area contributed by atoms with E-state index in [2.05, 4.69) is 4.98 Å². The summed E-state index contributed by atoms with van der Waals surface area (Å²) in [5.74, 6) is 0.620. The zero-order valence-corrected chi connectivity index (χ0v) is 9.19. The van der Waals surface area contributed by atoms with Crippen molar-refractivity contribution in [3.05, 3.63) is 23.9 Å². The molecule has 0 radical (unpaired) electrons. The van der Waals surface area contributed by atoms with Gasteiger partial charge in [0.2, 0.25) is 5.88 Å². The van der Waals surface area contributed by atoms with Crippen LogP contribution in [0, 0.1) is 0 Å². The maximum atomic E-state index is 5.62. The molecule has 1 aromatic rings. The second kappa shape index (κ2) is 6.95. The molecule has 0 bridgehead atoms. The molecule has 0 aliphatic carbocycles. The fourth-order valence-electron chi connectivity index (χ4n) is 0.782. The minimum atomic E-state index is 0. The number of hydrogen-bond donors (Lipinski definition) is 1. The molecule has 0 fully saturated rings. The number of hydrogen-bond acceptors (Lipinski definition) is 3. The molecule has 0 saturated heterocycles. The van der Waals surface area contributed by atoms with Gasteiger partial charge >= 0.3 is 0 Å². The van der Waals surface area contributed by atoms with E-state index in [0.717, 1.165) is 5.56 Å². The van der Waals surface area contributed by atoms with E-state index < -0.39 is 0 Å². The van der Waals surface area contributed by atoms with Crippen molar-refractivity contribution in [2.24, 2.45) is 5.73 Å². The van der Waals surface area contributed by atoms with Gasteiger partial charge in [0, 0.05) is 18.3 Å². The van der Waals surface area contributed by atoms with Gasteiger partial charge in [0.15, 0.2) is 0 Å². The van der Waals surface area contributed by atoms with Gasteiger partial charge in [0.25, 0.3) is 0 Å². The summed E-state index contributed by atoms with van der Waals surface area (Å²) in [6.45, 7) is 1.92. The average Bonchev–Trinajstić information content (AvgIpc) is 2.05. The van der Waals surface area contributed by atoms with Crippen LogP contribution in [0.1, 0.15) is 18.5 Å². The number of ether oxygens (including phenoxy) is 1. The molecule has 13 heavy (non-hydrogen) atoms. The first-order valence-corrected chi connectivity index (χ1v) is 3.49. The van der Waals surface area contributed by atoms with Gasteiger partial charge in [-0.2, -0.15) is 0 Å². The van der Waals surface area contributed by atoms with Crippen molar-refractivity contribution in [1.29, 1.82) is 0 Å². The van der Waals surface area contributed by atoms with Crippen molar-refractivity contribution < 1.29 is 4.74 Å². The SMILES string of the molecule is COc1ccc([C@H](C)N)cn1.Cl.Cl. The molecule has 1 atom stereocenters. The average molecular weight is 225 g/mol. The fraction of sp³-hybridized carbons (Fsp3) is 0.375. The third-order valence-electron chi connectivity index (χ3n) is 1.49. The number of rotatable bonds is 2. The lowest BCUT2D eigenvalue weighted by molar-refractivity contribution is 0.397. The van der Waals surface area contributed by atoms with Gasteiger partial charge < -0.3 is 10.5 Å². The fourth-order valence-corrected chi connectivity index (χ4v) is 0.782. The Labute approximate surface area is 90.5 Å². The highest BCUT2D eigenvalue weighted by Gasteiger charge is 1.98. The highest BCUT2D eigenvalue weighted by Crippen LogP contribution is 2.11. The lowest BCUT2D eigenvalue weighted by Gasteiger charge is -2.04. The Kier molecular flexibility index (Phi) is 8.01. The molecule has 0 amide bonds.